The van der Waals surface area contributed by atoms with E-state index in [4.69, 9.17) is 21.1 Å². The van der Waals surface area contributed by atoms with Crippen LogP contribution in [0.3, 0.4) is 0 Å². The summed E-state index contributed by atoms with van der Waals surface area (Å²) in [6, 6.07) is 5.60. The number of allylic oxidation sites excluding steroid dienone is 1. The van der Waals surface area contributed by atoms with Gasteiger partial charge in [0.15, 0.2) is 6.04 Å². The molecule has 0 aliphatic carbocycles. The first-order chi connectivity index (χ1) is 13.0. The number of nitrogens with zero attached hydrogens (tertiary/aromatic N) is 3. The molecule has 0 N–H and O–H groups in total. The third kappa shape index (κ3) is 3.32. The fraction of sp³-hybridized carbons (Fsp3) is 0.389. The number of aromatic nitrogens is 3. The normalized spacial score (nSPS) is 18.2. The fourth-order valence-corrected chi connectivity index (χ4v) is 3.30. The number of alkyl halides is 1. The minimum atomic E-state index is -1.00. The molecule has 2 aromatic rings. The number of hydrogen-bond acceptors (Lipinski definition) is 5. The van der Waals surface area contributed by atoms with Crippen molar-refractivity contribution in [1.29, 1.82) is 0 Å². The monoisotopic (exact) mass is 393 g/mol. The summed E-state index contributed by atoms with van der Waals surface area (Å²) < 4.78 is 13.7. The number of halogens is 1. The summed E-state index contributed by atoms with van der Waals surface area (Å²) >= 11 is 5.74. The lowest BCUT2D eigenvalue weighted by molar-refractivity contribution is -0.146. The molecule has 9 heteroatoms. The van der Waals surface area contributed by atoms with E-state index in [1.807, 2.05) is 0 Å². The highest BCUT2D eigenvalue weighted by Crippen LogP contribution is 2.27. The third-order valence-electron chi connectivity index (χ3n) is 4.38. The van der Waals surface area contributed by atoms with Crippen LogP contribution in [-0.4, -0.2) is 39.5 Å². The summed E-state index contributed by atoms with van der Waals surface area (Å²) in [6.07, 6.45) is 3.30. The summed E-state index contributed by atoms with van der Waals surface area (Å²) in [7, 11) is 1.56. The van der Waals surface area contributed by atoms with Crippen molar-refractivity contribution < 1.29 is 14.3 Å². The molecule has 2 unspecified atom stereocenters. The number of esters is 1. The predicted molar refractivity (Wildman–Crippen MR) is 99.6 cm³/mol. The largest absolute Gasteiger partial charge is 0.497 e. The van der Waals surface area contributed by atoms with Gasteiger partial charge in [0.25, 0.3) is 0 Å². The molecular formula is C18H20ClN3O5. The molecule has 0 fully saturated rings. The first-order valence-electron chi connectivity index (χ1n) is 8.52. The quantitative estimate of drug-likeness (QED) is 0.420. The molecule has 27 heavy (non-hydrogen) atoms. The standard InChI is InChI=1S/C18H20ClN3O5/c1-3-27-16(23)15-9-8-14(12-4-6-13(26-2)7-5-12)21-17(24)20(11-10-19)18(25)22(15)21/h4-9,14-15H,3,10-11H2,1-2H3. The molecule has 0 spiro atoms. The van der Waals surface area contributed by atoms with Crippen LogP contribution in [0.25, 0.3) is 0 Å². The number of carbonyl (C=O) groups excluding carboxylic acids is 1. The summed E-state index contributed by atoms with van der Waals surface area (Å²) in [6.45, 7) is 1.91. The number of rotatable bonds is 6. The van der Waals surface area contributed by atoms with Gasteiger partial charge in [-0.2, -0.15) is 0 Å². The van der Waals surface area contributed by atoms with Crippen LogP contribution in [0.2, 0.25) is 0 Å². The minimum absolute atomic E-state index is 0.0527. The van der Waals surface area contributed by atoms with Crippen LogP contribution in [0, 0.1) is 0 Å². The Hall–Kier alpha value is -2.74. The van der Waals surface area contributed by atoms with E-state index in [1.54, 1.807) is 50.5 Å². The van der Waals surface area contributed by atoms with Crippen LogP contribution in [0.4, 0.5) is 0 Å². The van der Waals surface area contributed by atoms with Gasteiger partial charge in [0.1, 0.15) is 5.75 Å². The SMILES string of the molecule is CCOC(=O)C1C=CC(c2ccc(OC)cc2)n2c(=O)n(CCCl)c(=O)n21. The zero-order valence-electron chi connectivity index (χ0n) is 15.0. The molecule has 1 aliphatic heterocycles. The third-order valence-corrected chi connectivity index (χ3v) is 4.55. The van der Waals surface area contributed by atoms with Gasteiger partial charge in [-0.3, -0.25) is 0 Å². The predicted octanol–water partition coefficient (Wildman–Crippen LogP) is 1.32. The van der Waals surface area contributed by atoms with Crippen molar-refractivity contribution in [2.45, 2.75) is 25.6 Å². The van der Waals surface area contributed by atoms with E-state index in [0.717, 1.165) is 14.8 Å². The lowest BCUT2D eigenvalue weighted by atomic mass is 10.0. The van der Waals surface area contributed by atoms with Gasteiger partial charge in [-0.1, -0.05) is 24.3 Å². The highest BCUT2D eigenvalue weighted by Gasteiger charge is 2.33. The van der Waals surface area contributed by atoms with Gasteiger partial charge >= 0.3 is 17.3 Å². The summed E-state index contributed by atoms with van der Waals surface area (Å²) in [5, 5.41) is 0. The number of methoxy groups -OCH3 is 1. The van der Waals surface area contributed by atoms with E-state index in [1.165, 1.54) is 4.68 Å². The van der Waals surface area contributed by atoms with Gasteiger partial charge in [-0.05, 0) is 24.6 Å². The fourth-order valence-electron chi connectivity index (χ4n) is 3.13. The maximum Gasteiger partial charge on any atom is 0.348 e. The van der Waals surface area contributed by atoms with Crippen molar-refractivity contribution in [2.24, 2.45) is 0 Å². The van der Waals surface area contributed by atoms with Crippen molar-refractivity contribution in [2.75, 3.05) is 19.6 Å². The maximum atomic E-state index is 12.9. The Balaban J connectivity index is 2.17. The number of fused-ring (bicyclic) bond motifs is 1. The average molecular weight is 394 g/mol. The van der Waals surface area contributed by atoms with Gasteiger partial charge in [-0.15, -0.1) is 11.6 Å². The molecule has 1 aromatic carbocycles. The van der Waals surface area contributed by atoms with Crippen LogP contribution >= 0.6 is 11.6 Å². The second-order valence-electron chi connectivity index (χ2n) is 5.89. The van der Waals surface area contributed by atoms with Crippen molar-refractivity contribution >= 4 is 17.6 Å². The summed E-state index contributed by atoms with van der Waals surface area (Å²) in [4.78, 5) is 38.0. The zero-order valence-corrected chi connectivity index (χ0v) is 15.8. The molecule has 3 rings (SSSR count). The number of benzene rings is 1. The highest BCUT2D eigenvalue weighted by atomic mass is 35.5. The minimum Gasteiger partial charge on any atom is -0.497 e. The second kappa shape index (κ2) is 7.87. The lowest BCUT2D eigenvalue weighted by Gasteiger charge is -2.26. The Bertz CT molecular complexity index is 970. The van der Waals surface area contributed by atoms with Crippen LogP contribution < -0.4 is 16.1 Å². The van der Waals surface area contributed by atoms with Gasteiger partial charge in [0.2, 0.25) is 0 Å². The van der Waals surface area contributed by atoms with Crippen LogP contribution in [0.1, 0.15) is 24.6 Å². The second-order valence-corrected chi connectivity index (χ2v) is 6.27. The van der Waals surface area contributed by atoms with Crippen molar-refractivity contribution in [3.63, 3.8) is 0 Å². The molecule has 8 nitrogen and oxygen atoms in total. The Labute approximate surface area is 160 Å². The van der Waals surface area contributed by atoms with Crippen molar-refractivity contribution in [1.82, 2.24) is 13.9 Å². The van der Waals surface area contributed by atoms with Crippen LogP contribution in [0.15, 0.2) is 46.0 Å². The summed E-state index contributed by atoms with van der Waals surface area (Å²) in [5.74, 6) is 0.178. The topological polar surface area (TPSA) is 84.5 Å². The van der Waals surface area contributed by atoms with E-state index in [0.29, 0.717) is 5.75 Å². The van der Waals surface area contributed by atoms with Crippen molar-refractivity contribution in [3.05, 3.63) is 62.9 Å². The maximum absolute atomic E-state index is 12.9. The van der Waals surface area contributed by atoms with E-state index >= 15 is 0 Å². The van der Waals surface area contributed by atoms with Crippen LogP contribution in [0.5, 0.6) is 5.75 Å². The zero-order chi connectivity index (χ0) is 19.6. The Morgan fingerprint density at radius 1 is 1.11 bits per heavy atom. The first kappa shape index (κ1) is 19.0. The van der Waals surface area contributed by atoms with Gasteiger partial charge < -0.3 is 9.47 Å². The Kier molecular flexibility index (Phi) is 5.55. The number of ether oxygens (including phenoxy) is 2. The molecule has 1 aliphatic rings. The van der Waals surface area contributed by atoms with E-state index in [2.05, 4.69) is 0 Å². The molecule has 144 valence electrons. The van der Waals surface area contributed by atoms with E-state index in [-0.39, 0.29) is 19.0 Å². The Morgan fingerprint density at radius 2 is 1.78 bits per heavy atom. The Morgan fingerprint density at radius 3 is 2.37 bits per heavy atom. The van der Waals surface area contributed by atoms with Gasteiger partial charge in [-0.25, -0.2) is 28.3 Å². The van der Waals surface area contributed by atoms with E-state index < -0.39 is 29.4 Å². The summed E-state index contributed by atoms with van der Waals surface area (Å²) in [5.41, 5.74) is -0.352. The molecule has 0 bridgehead atoms. The lowest BCUT2D eigenvalue weighted by Crippen LogP contribution is -2.39. The molecule has 0 saturated heterocycles. The molecule has 0 radical (unpaired) electrons. The number of carbonyl (C=O) groups is 1. The average Bonchev–Trinajstić information content (AvgIpc) is 2.93. The number of hydrogen-bond donors (Lipinski definition) is 0. The smallest absolute Gasteiger partial charge is 0.348 e. The molecular weight excluding hydrogens is 374 g/mol. The highest BCUT2D eigenvalue weighted by molar-refractivity contribution is 6.17. The molecule has 1 aromatic heterocycles. The van der Waals surface area contributed by atoms with E-state index in [9.17, 15) is 14.4 Å². The first-order valence-corrected chi connectivity index (χ1v) is 9.05. The van der Waals surface area contributed by atoms with Gasteiger partial charge in [0.05, 0.1) is 19.8 Å². The van der Waals surface area contributed by atoms with Crippen LogP contribution in [-0.2, 0) is 16.1 Å². The molecule has 2 heterocycles. The molecule has 0 saturated carbocycles. The molecule has 2 atom stereocenters. The van der Waals surface area contributed by atoms with Gasteiger partial charge in [0, 0.05) is 12.4 Å². The molecule has 0 amide bonds. The van der Waals surface area contributed by atoms with Crippen molar-refractivity contribution in [3.8, 4) is 5.75 Å².